The van der Waals surface area contributed by atoms with Gasteiger partial charge in [0.1, 0.15) is 0 Å². The Morgan fingerprint density at radius 1 is 1.00 bits per heavy atom. The molecule has 0 spiro atoms. The van der Waals surface area contributed by atoms with E-state index in [2.05, 4.69) is 53.7 Å². The molecule has 0 aromatic heterocycles. The van der Waals surface area contributed by atoms with Crippen molar-refractivity contribution in [3.05, 3.63) is 23.3 Å². The van der Waals surface area contributed by atoms with E-state index in [1.165, 1.54) is 51.4 Å². The average molecular weight is 413 g/mol. The minimum absolute atomic E-state index is 0.0413. The summed E-state index contributed by atoms with van der Waals surface area (Å²) >= 11 is 0. The summed E-state index contributed by atoms with van der Waals surface area (Å²) < 4.78 is 0. The van der Waals surface area contributed by atoms with Crippen molar-refractivity contribution in [3.8, 4) is 0 Å². The predicted octanol–water partition coefficient (Wildman–Crippen LogP) is 7.94. The number of hydrogen-bond donors (Lipinski definition) is 1. The van der Waals surface area contributed by atoms with E-state index < -0.39 is 0 Å². The van der Waals surface area contributed by atoms with Crippen molar-refractivity contribution in [1.82, 2.24) is 0 Å². The Morgan fingerprint density at radius 3 is 2.47 bits per heavy atom. The van der Waals surface area contributed by atoms with Crippen molar-refractivity contribution in [1.29, 1.82) is 0 Å². The summed E-state index contributed by atoms with van der Waals surface area (Å²) in [5.74, 6) is 4.58. The minimum atomic E-state index is -0.0413. The molecule has 2 fully saturated rings. The fraction of sp³-hybridized carbons (Fsp3) is 0.862. The molecule has 0 aromatic carbocycles. The van der Waals surface area contributed by atoms with E-state index in [4.69, 9.17) is 0 Å². The van der Waals surface area contributed by atoms with Gasteiger partial charge in [0.05, 0.1) is 6.10 Å². The lowest BCUT2D eigenvalue weighted by molar-refractivity contribution is 0.0145. The number of aliphatic hydroxyl groups is 1. The molecule has 4 aliphatic carbocycles. The Hall–Kier alpha value is -0.560. The van der Waals surface area contributed by atoms with E-state index in [1.54, 1.807) is 0 Å². The van der Waals surface area contributed by atoms with E-state index in [1.807, 2.05) is 11.1 Å². The Labute approximate surface area is 186 Å². The average Bonchev–Trinajstić information content (AvgIpc) is 3.06. The number of fused-ring (bicyclic) bond motifs is 4. The highest BCUT2D eigenvalue weighted by Gasteiger charge is 2.55. The largest absolute Gasteiger partial charge is 0.393 e. The second kappa shape index (κ2) is 8.42. The second-order valence-corrected chi connectivity index (χ2v) is 12.4. The number of hydrogen-bond acceptors (Lipinski definition) is 1. The van der Waals surface area contributed by atoms with Gasteiger partial charge in [-0.25, -0.2) is 0 Å². The van der Waals surface area contributed by atoms with E-state index >= 15 is 0 Å². The van der Waals surface area contributed by atoms with Gasteiger partial charge in [0.2, 0.25) is 0 Å². The third-order valence-electron chi connectivity index (χ3n) is 10.7. The Kier molecular flexibility index (Phi) is 6.35. The van der Waals surface area contributed by atoms with E-state index in [9.17, 15) is 5.11 Å². The van der Waals surface area contributed by atoms with Crippen LogP contribution in [0.2, 0.25) is 0 Å². The summed E-state index contributed by atoms with van der Waals surface area (Å²) in [7, 11) is 0. The summed E-state index contributed by atoms with van der Waals surface area (Å²) in [6.07, 6.45) is 17.9. The van der Waals surface area contributed by atoms with Crippen molar-refractivity contribution in [3.63, 3.8) is 0 Å². The number of allylic oxidation sites excluding steroid dienone is 4. The summed E-state index contributed by atoms with van der Waals surface area (Å²) in [6, 6.07) is 0. The molecule has 2 saturated carbocycles. The molecular weight excluding hydrogens is 364 g/mol. The summed E-state index contributed by atoms with van der Waals surface area (Å²) in [5.41, 5.74) is 4.65. The molecule has 8 atom stereocenters. The highest BCUT2D eigenvalue weighted by atomic mass is 16.3. The van der Waals surface area contributed by atoms with Gasteiger partial charge < -0.3 is 5.11 Å². The van der Waals surface area contributed by atoms with Gasteiger partial charge in [0.25, 0.3) is 0 Å². The van der Waals surface area contributed by atoms with Gasteiger partial charge in [-0.3, -0.25) is 0 Å². The lowest BCUT2D eigenvalue weighted by Crippen LogP contribution is -2.45. The van der Waals surface area contributed by atoms with Crippen LogP contribution in [-0.2, 0) is 0 Å². The van der Waals surface area contributed by atoms with Crippen molar-refractivity contribution < 1.29 is 5.11 Å². The fourth-order valence-corrected chi connectivity index (χ4v) is 8.62. The van der Waals surface area contributed by atoms with Crippen LogP contribution in [-0.4, -0.2) is 11.2 Å². The first kappa shape index (κ1) is 22.6. The third kappa shape index (κ3) is 3.66. The Bertz CT molecular complexity index is 686. The lowest BCUT2D eigenvalue weighted by atomic mass is 9.50. The first-order chi connectivity index (χ1) is 14.2. The smallest absolute Gasteiger partial charge is 0.0543 e. The second-order valence-electron chi connectivity index (χ2n) is 12.4. The van der Waals surface area contributed by atoms with Crippen LogP contribution in [0.15, 0.2) is 23.3 Å². The van der Waals surface area contributed by atoms with Crippen LogP contribution in [0, 0.1) is 46.3 Å². The van der Waals surface area contributed by atoms with Crippen LogP contribution in [0.5, 0.6) is 0 Å². The maximum absolute atomic E-state index is 10.3. The molecule has 170 valence electrons. The monoisotopic (exact) mass is 412 g/mol. The third-order valence-corrected chi connectivity index (χ3v) is 10.7. The topological polar surface area (TPSA) is 20.2 Å². The van der Waals surface area contributed by atoms with Gasteiger partial charge >= 0.3 is 0 Å². The molecule has 0 amide bonds. The number of aliphatic hydroxyl groups excluding tert-OH is 1. The van der Waals surface area contributed by atoms with Crippen molar-refractivity contribution in [2.45, 2.75) is 112 Å². The van der Waals surface area contributed by atoms with Crippen LogP contribution in [0.1, 0.15) is 106 Å². The molecule has 0 bridgehead atoms. The van der Waals surface area contributed by atoms with Gasteiger partial charge in [-0.2, -0.15) is 0 Å². The SMILES string of the molecule is CC[C@H](C=C[C@@H](C)[C@H]1CC[C@H]2C3=C(CC[C@]12C)[C@@]1(C)CC[C@H](O)C[C@@H]1CC3)C(C)C. The molecular formula is C29H48O. The van der Waals surface area contributed by atoms with Gasteiger partial charge in [-0.1, -0.05) is 64.8 Å². The maximum Gasteiger partial charge on any atom is 0.0543 e. The van der Waals surface area contributed by atoms with E-state index in [0.717, 1.165) is 42.4 Å². The van der Waals surface area contributed by atoms with Gasteiger partial charge in [0.15, 0.2) is 0 Å². The zero-order valence-electron chi connectivity index (χ0n) is 20.7. The highest BCUT2D eigenvalue weighted by Crippen LogP contribution is 2.65. The molecule has 0 unspecified atom stereocenters. The minimum Gasteiger partial charge on any atom is -0.393 e. The Balaban J connectivity index is 1.55. The molecule has 1 heteroatoms. The molecule has 30 heavy (non-hydrogen) atoms. The molecule has 0 saturated heterocycles. The van der Waals surface area contributed by atoms with Crippen LogP contribution < -0.4 is 0 Å². The summed E-state index contributed by atoms with van der Waals surface area (Å²) in [4.78, 5) is 0. The maximum atomic E-state index is 10.3. The first-order valence-electron chi connectivity index (χ1n) is 13.3. The van der Waals surface area contributed by atoms with Crippen molar-refractivity contribution in [2.75, 3.05) is 0 Å². The normalized spacial score (nSPS) is 43.5. The molecule has 0 heterocycles. The number of rotatable bonds is 5. The van der Waals surface area contributed by atoms with Crippen molar-refractivity contribution in [2.24, 2.45) is 46.3 Å². The fourth-order valence-electron chi connectivity index (χ4n) is 8.62. The molecule has 1 nitrogen and oxygen atoms in total. The molecule has 1 N–H and O–H groups in total. The Morgan fingerprint density at radius 2 is 1.77 bits per heavy atom. The molecule has 0 aliphatic heterocycles. The van der Waals surface area contributed by atoms with E-state index in [-0.39, 0.29) is 6.10 Å². The zero-order valence-corrected chi connectivity index (χ0v) is 20.7. The molecule has 4 rings (SSSR count). The predicted molar refractivity (Wildman–Crippen MR) is 128 cm³/mol. The van der Waals surface area contributed by atoms with E-state index in [0.29, 0.717) is 16.7 Å². The van der Waals surface area contributed by atoms with Crippen LogP contribution in [0.25, 0.3) is 0 Å². The van der Waals surface area contributed by atoms with Crippen LogP contribution in [0.3, 0.4) is 0 Å². The van der Waals surface area contributed by atoms with Gasteiger partial charge in [0, 0.05) is 0 Å². The summed E-state index contributed by atoms with van der Waals surface area (Å²) in [6.45, 7) is 14.8. The van der Waals surface area contributed by atoms with Crippen LogP contribution in [0.4, 0.5) is 0 Å². The van der Waals surface area contributed by atoms with Crippen LogP contribution >= 0.6 is 0 Å². The van der Waals surface area contributed by atoms with Gasteiger partial charge in [-0.15, -0.1) is 0 Å². The molecule has 0 radical (unpaired) electrons. The standard InChI is InChI=1S/C29H48O/c1-7-21(19(2)3)9-8-20(4)25-12-13-26-24-11-10-22-18-23(30)14-16-28(22,5)27(24)15-17-29(25,26)6/h8-9,19-23,25-26,30H,7,10-18H2,1-6H3/t20-,21-,22+,23+,25-,26+,28+,29-/m1/s1. The summed E-state index contributed by atoms with van der Waals surface area (Å²) in [5, 5.41) is 10.3. The first-order valence-corrected chi connectivity index (χ1v) is 13.3. The lowest BCUT2D eigenvalue weighted by Gasteiger charge is -2.55. The molecule has 4 aliphatic rings. The molecule has 0 aromatic rings. The highest BCUT2D eigenvalue weighted by molar-refractivity contribution is 5.34. The van der Waals surface area contributed by atoms with Crippen molar-refractivity contribution >= 4 is 0 Å². The zero-order chi connectivity index (χ0) is 21.7. The quantitative estimate of drug-likeness (QED) is 0.454. The van der Waals surface area contributed by atoms with Gasteiger partial charge in [-0.05, 0) is 111 Å².